The first-order chi connectivity index (χ1) is 9.78. The van der Waals surface area contributed by atoms with E-state index in [0.29, 0.717) is 30.9 Å². The molecule has 3 N–H and O–H groups in total. The summed E-state index contributed by atoms with van der Waals surface area (Å²) in [4.78, 5) is 0. The molecule has 0 aromatic heterocycles. The summed E-state index contributed by atoms with van der Waals surface area (Å²) >= 11 is 0. The summed E-state index contributed by atoms with van der Waals surface area (Å²) in [5, 5.41) is 3.43. The molecule has 0 bridgehead atoms. The van der Waals surface area contributed by atoms with Crippen molar-refractivity contribution in [2.24, 2.45) is 5.92 Å². The van der Waals surface area contributed by atoms with Crippen LogP contribution in [0.2, 0.25) is 0 Å². The fraction of sp³-hybridized carbons (Fsp3) is 0.600. The van der Waals surface area contributed by atoms with Crippen LogP contribution in [0.4, 0.5) is 11.4 Å². The van der Waals surface area contributed by atoms with E-state index in [4.69, 9.17) is 19.9 Å². The van der Waals surface area contributed by atoms with Gasteiger partial charge in [0, 0.05) is 31.2 Å². The Hall–Kier alpha value is -1.62. The molecule has 2 aliphatic heterocycles. The van der Waals surface area contributed by atoms with Gasteiger partial charge in [-0.2, -0.15) is 0 Å². The average molecular weight is 278 g/mol. The molecule has 0 amide bonds. The number of hydrogen-bond acceptors (Lipinski definition) is 5. The zero-order chi connectivity index (χ0) is 13.9. The van der Waals surface area contributed by atoms with Crippen molar-refractivity contribution in [3.63, 3.8) is 0 Å². The lowest BCUT2D eigenvalue weighted by molar-refractivity contribution is 0.0900. The Morgan fingerprint density at radius 1 is 1.20 bits per heavy atom. The van der Waals surface area contributed by atoms with E-state index < -0.39 is 0 Å². The van der Waals surface area contributed by atoms with Crippen molar-refractivity contribution in [1.82, 2.24) is 0 Å². The highest BCUT2D eigenvalue weighted by Crippen LogP contribution is 2.37. The number of fused-ring (bicyclic) bond motifs is 1. The van der Waals surface area contributed by atoms with Gasteiger partial charge in [-0.3, -0.25) is 0 Å². The Balaban J connectivity index is 1.68. The molecule has 1 fully saturated rings. The molecule has 5 nitrogen and oxygen atoms in total. The molecule has 2 atom stereocenters. The van der Waals surface area contributed by atoms with Crippen LogP contribution >= 0.6 is 0 Å². The fourth-order valence-corrected chi connectivity index (χ4v) is 2.88. The van der Waals surface area contributed by atoms with Gasteiger partial charge < -0.3 is 25.3 Å². The summed E-state index contributed by atoms with van der Waals surface area (Å²) in [7, 11) is 0. The van der Waals surface area contributed by atoms with Gasteiger partial charge in [-0.1, -0.05) is 6.92 Å². The van der Waals surface area contributed by atoms with Crippen molar-refractivity contribution in [2.45, 2.75) is 25.9 Å². The van der Waals surface area contributed by atoms with E-state index in [1.165, 1.54) is 0 Å². The smallest absolute Gasteiger partial charge is 0.163 e. The zero-order valence-electron chi connectivity index (χ0n) is 11.9. The summed E-state index contributed by atoms with van der Waals surface area (Å²) in [6, 6.07) is 3.76. The highest BCUT2D eigenvalue weighted by Gasteiger charge is 2.26. The van der Waals surface area contributed by atoms with Crippen LogP contribution < -0.4 is 20.5 Å². The fourth-order valence-electron chi connectivity index (χ4n) is 2.88. The first-order valence-electron chi connectivity index (χ1n) is 7.32. The van der Waals surface area contributed by atoms with E-state index in [1.807, 2.05) is 12.1 Å². The second kappa shape index (κ2) is 5.79. The van der Waals surface area contributed by atoms with Crippen LogP contribution in [-0.4, -0.2) is 32.5 Å². The van der Waals surface area contributed by atoms with Crippen LogP contribution in [0.1, 0.15) is 19.8 Å². The first-order valence-corrected chi connectivity index (χ1v) is 7.32. The number of ether oxygens (including phenoxy) is 3. The van der Waals surface area contributed by atoms with Crippen molar-refractivity contribution in [3.05, 3.63) is 12.1 Å². The van der Waals surface area contributed by atoms with Crippen molar-refractivity contribution in [3.8, 4) is 11.5 Å². The SMILES string of the molecule is CCC1OCCC1CNc1cc2c(cc1N)OCCO2. The molecular formula is C15H22N2O3. The molecule has 2 heterocycles. The number of rotatable bonds is 4. The number of nitrogens with one attached hydrogen (secondary N) is 1. The van der Waals surface area contributed by atoms with Crippen molar-refractivity contribution < 1.29 is 14.2 Å². The van der Waals surface area contributed by atoms with Gasteiger partial charge in [-0.05, 0) is 12.8 Å². The zero-order valence-corrected chi connectivity index (χ0v) is 11.9. The molecule has 1 saturated heterocycles. The van der Waals surface area contributed by atoms with Gasteiger partial charge >= 0.3 is 0 Å². The van der Waals surface area contributed by atoms with Crippen LogP contribution in [0.3, 0.4) is 0 Å². The molecule has 1 aromatic rings. The van der Waals surface area contributed by atoms with Gasteiger partial charge in [0.1, 0.15) is 13.2 Å². The van der Waals surface area contributed by atoms with Gasteiger partial charge in [0.05, 0.1) is 17.5 Å². The van der Waals surface area contributed by atoms with E-state index in [2.05, 4.69) is 12.2 Å². The number of hydrogen-bond donors (Lipinski definition) is 2. The summed E-state index contributed by atoms with van der Waals surface area (Å²) < 4.78 is 16.8. The number of anilines is 2. The lowest BCUT2D eigenvalue weighted by atomic mass is 9.99. The predicted octanol–water partition coefficient (Wildman–Crippen LogP) is 2.27. The van der Waals surface area contributed by atoms with E-state index in [0.717, 1.165) is 43.2 Å². The Morgan fingerprint density at radius 2 is 1.95 bits per heavy atom. The van der Waals surface area contributed by atoms with E-state index >= 15 is 0 Å². The number of nitrogen functional groups attached to an aromatic ring is 1. The van der Waals surface area contributed by atoms with Gasteiger partial charge in [-0.25, -0.2) is 0 Å². The molecule has 1 aromatic carbocycles. The number of nitrogens with two attached hydrogens (primary N) is 1. The van der Waals surface area contributed by atoms with Crippen molar-refractivity contribution in [2.75, 3.05) is 37.4 Å². The predicted molar refractivity (Wildman–Crippen MR) is 78.5 cm³/mol. The third kappa shape index (κ3) is 2.63. The second-order valence-corrected chi connectivity index (χ2v) is 5.33. The summed E-state index contributed by atoms with van der Waals surface area (Å²) in [5.74, 6) is 2.05. The highest BCUT2D eigenvalue weighted by atomic mass is 16.6. The highest BCUT2D eigenvalue weighted by molar-refractivity contribution is 5.72. The van der Waals surface area contributed by atoms with Gasteiger partial charge in [0.2, 0.25) is 0 Å². The minimum atomic E-state index is 0.362. The first kappa shape index (κ1) is 13.4. The van der Waals surface area contributed by atoms with Crippen molar-refractivity contribution >= 4 is 11.4 Å². The van der Waals surface area contributed by atoms with Crippen LogP contribution in [0.25, 0.3) is 0 Å². The van der Waals surface area contributed by atoms with Gasteiger partial charge in [0.15, 0.2) is 11.5 Å². The number of benzene rings is 1. The maximum Gasteiger partial charge on any atom is 0.163 e. The molecule has 0 spiro atoms. The molecule has 5 heteroatoms. The minimum Gasteiger partial charge on any atom is -0.486 e. The summed E-state index contributed by atoms with van der Waals surface area (Å²) in [5.41, 5.74) is 7.68. The van der Waals surface area contributed by atoms with Crippen molar-refractivity contribution in [1.29, 1.82) is 0 Å². The normalized spacial score (nSPS) is 24.6. The molecule has 110 valence electrons. The molecular weight excluding hydrogens is 256 g/mol. The largest absolute Gasteiger partial charge is 0.486 e. The van der Waals surface area contributed by atoms with E-state index in [-0.39, 0.29) is 0 Å². The topological polar surface area (TPSA) is 65.7 Å². The monoisotopic (exact) mass is 278 g/mol. The Kier molecular flexibility index (Phi) is 3.87. The van der Waals surface area contributed by atoms with E-state index in [9.17, 15) is 0 Å². The van der Waals surface area contributed by atoms with Gasteiger partial charge in [0.25, 0.3) is 0 Å². The molecule has 0 saturated carbocycles. The van der Waals surface area contributed by atoms with Crippen LogP contribution in [-0.2, 0) is 4.74 Å². The van der Waals surface area contributed by atoms with Gasteiger partial charge in [-0.15, -0.1) is 0 Å². The molecule has 2 unspecified atom stereocenters. The molecule has 2 aliphatic rings. The molecule has 20 heavy (non-hydrogen) atoms. The summed E-state index contributed by atoms with van der Waals surface area (Å²) in [6.45, 7) is 5.08. The Bertz CT molecular complexity index is 478. The third-order valence-electron chi connectivity index (χ3n) is 4.02. The minimum absolute atomic E-state index is 0.362. The third-order valence-corrected chi connectivity index (χ3v) is 4.02. The van der Waals surface area contributed by atoms with E-state index in [1.54, 1.807) is 0 Å². The van der Waals surface area contributed by atoms with Crippen LogP contribution in [0.5, 0.6) is 11.5 Å². The average Bonchev–Trinajstić information content (AvgIpc) is 2.92. The second-order valence-electron chi connectivity index (χ2n) is 5.33. The molecule has 3 rings (SSSR count). The molecule has 0 aliphatic carbocycles. The maximum atomic E-state index is 6.07. The maximum absolute atomic E-state index is 6.07. The quantitative estimate of drug-likeness (QED) is 0.827. The lowest BCUT2D eigenvalue weighted by Crippen LogP contribution is -2.23. The Morgan fingerprint density at radius 3 is 2.70 bits per heavy atom. The lowest BCUT2D eigenvalue weighted by Gasteiger charge is -2.22. The van der Waals surface area contributed by atoms with Crippen LogP contribution in [0, 0.1) is 5.92 Å². The van der Waals surface area contributed by atoms with Crippen LogP contribution in [0.15, 0.2) is 12.1 Å². The molecule has 0 radical (unpaired) electrons. The Labute approximate surface area is 119 Å². The summed E-state index contributed by atoms with van der Waals surface area (Å²) in [6.07, 6.45) is 2.53. The standard InChI is InChI=1S/C15H22N2O3/c1-2-13-10(3-4-18-13)9-17-12-8-15-14(7-11(12)16)19-5-6-20-15/h7-8,10,13,17H,2-6,9,16H2,1H3.